The molecule has 0 bridgehead atoms. The number of hydrogen-bond donors (Lipinski definition) is 1. The first-order valence-corrected chi connectivity index (χ1v) is 12.6. The van der Waals surface area contributed by atoms with Crippen LogP contribution in [0.2, 0.25) is 5.02 Å². The van der Waals surface area contributed by atoms with Gasteiger partial charge in [0.05, 0.1) is 19.1 Å². The fourth-order valence-electron chi connectivity index (χ4n) is 2.38. The van der Waals surface area contributed by atoms with Crippen molar-refractivity contribution in [3.8, 4) is 11.5 Å². The van der Waals surface area contributed by atoms with Crippen LogP contribution in [0.25, 0.3) is 0 Å². The number of hydrazone groups is 1. The maximum absolute atomic E-state index is 12.1. The molecule has 0 fully saturated rings. The topological polar surface area (TPSA) is 103 Å². The Bertz CT molecular complexity index is 1140. The molecule has 0 aliphatic rings. The Morgan fingerprint density at radius 1 is 1.12 bits per heavy atom. The highest BCUT2D eigenvalue weighted by Gasteiger charge is 2.10. The van der Waals surface area contributed by atoms with Crippen molar-refractivity contribution >= 4 is 64.6 Å². The summed E-state index contributed by atoms with van der Waals surface area (Å²) in [6, 6.07) is 12.6. The van der Waals surface area contributed by atoms with E-state index in [0.717, 1.165) is 15.7 Å². The number of carbonyl (C=O) groups is 2. The zero-order chi connectivity index (χ0) is 23.6. The van der Waals surface area contributed by atoms with Crippen molar-refractivity contribution in [2.75, 3.05) is 12.9 Å². The highest BCUT2D eigenvalue weighted by Crippen LogP contribution is 2.31. The lowest BCUT2D eigenvalue weighted by atomic mass is 10.2. The second-order valence-corrected chi connectivity index (χ2v) is 10.2. The first kappa shape index (κ1) is 25.0. The minimum Gasteiger partial charge on any atom is -0.493 e. The molecule has 12 heteroatoms. The lowest BCUT2D eigenvalue weighted by molar-refractivity contribution is -0.132. The maximum Gasteiger partial charge on any atom is 0.308 e. The zero-order valence-corrected chi connectivity index (χ0v) is 20.8. The van der Waals surface area contributed by atoms with E-state index in [2.05, 4.69) is 20.7 Å². The van der Waals surface area contributed by atoms with Gasteiger partial charge in [-0.15, -0.1) is 10.2 Å². The van der Waals surface area contributed by atoms with Crippen molar-refractivity contribution < 1.29 is 19.1 Å². The van der Waals surface area contributed by atoms with Crippen molar-refractivity contribution in [2.24, 2.45) is 5.10 Å². The predicted octanol–water partition coefficient (Wildman–Crippen LogP) is 4.66. The van der Waals surface area contributed by atoms with Crippen LogP contribution in [-0.4, -0.2) is 41.2 Å². The minimum absolute atomic E-state index is 0.155. The van der Waals surface area contributed by atoms with Gasteiger partial charge < -0.3 is 9.47 Å². The van der Waals surface area contributed by atoms with Gasteiger partial charge >= 0.3 is 5.97 Å². The van der Waals surface area contributed by atoms with E-state index in [1.54, 1.807) is 30.0 Å². The molecule has 0 radical (unpaired) electrons. The Labute approximate surface area is 208 Å². The Morgan fingerprint density at radius 3 is 2.55 bits per heavy atom. The monoisotopic (exact) mass is 522 g/mol. The Morgan fingerprint density at radius 2 is 1.85 bits per heavy atom. The molecule has 33 heavy (non-hydrogen) atoms. The van der Waals surface area contributed by atoms with Crippen LogP contribution in [0.4, 0.5) is 0 Å². The van der Waals surface area contributed by atoms with Gasteiger partial charge in [-0.05, 0) is 41.5 Å². The molecule has 1 aromatic heterocycles. The number of aromatic nitrogens is 2. The highest BCUT2D eigenvalue weighted by atomic mass is 35.5. The van der Waals surface area contributed by atoms with E-state index in [9.17, 15) is 9.59 Å². The van der Waals surface area contributed by atoms with Gasteiger partial charge in [0.15, 0.2) is 20.2 Å². The third kappa shape index (κ3) is 8.35. The van der Waals surface area contributed by atoms with Crippen LogP contribution in [0.1, 0.15) is 18.1 Å². The van der Waals surface area contributed by atoms with E-state index in [4.69, 9.17) is 21.1 Å². The number of hydrogen-bond acceptors (Lipinski definition) is 10. The Balaban J connectivity index is 1.43. The van der Waals surface area contributed by atoms with Crippen LogP contribution >= 0.6 is 46.5 Å². The molecular weight excluding hydrogens is 504 g/mol. The van der Waals surface area contributed by atoms with Crippen LogP contribution in [0.3, 0.4) is 0 Å². The minimum atomic E-state index is -0.442. The summed E-state index contributed by atoms with van der Waals surface area (Å²) < 4.78 is 11.8. The molecule has 1 amide bonds. The molecule has 1 N–H and O–H groups in total. The van der Waals surface area contributed by atoms with Gasteiger partial charge in [-0.2, -0.15) is 5.10 Å². The molecule has 0 aliphatic heterocycles. The molecule has 0 aliphatic carbocycles. The van der Waals surface area contributed by atoms with Gasteiger partial charge in [0.2, 0.25) is 0 Å². The number of rotatable bonds is 10. The summed E-state index contributed by atoms with van der Waals surface area (Å²) in [6.45, 7) is 1.31. The number of esters is 1. The summed E-state index contributed by atoms with van der Waals surface area (Å²) >= 11 is 10.2. The van der Waals surface area contributed by atoms with E-state index in [1.807, 2.05) is 24.3 Å². The van der Waals surface area contributed by atoms with Crippen molar-refractivity contribution in [3.05, 3.63) is 58.6 Å². The van der Waals surface area contributed by atoms with E-state index >= 15 is 0 Å². The molecule has 172 valence electrons. The van der Waals surface area contributed by atoms with Gasteiger partial charge in [-0.25, -0.2) is 5.43 Å². The van der Waals surface area contributed by atoms with Crippen LogP contribution in [0.15, 0.2) is 56.2 Å². The van der Waals surface area contributed by atoms with E-state index < -0.39 is 5.97 Å². The molecule has 8 nitrogen and oxygen atoms in total. The maximum atomic E-state index is 12.1. The van der Waals surface area contributed by atoms with Gasteiger partial charge in [-0.1, -0.05) is 58.6 Å². The Kier molecular flexibility index (Phi) is 9.55. The number of benzene rings is 2. The Hall–Kier alpha value is -2.60. The number of nitrogens with zero attached hydrogens (tertiary/aromatic N) is 3. The third-order valence-electron chi connectivity index (χ3n) is 3.83. The lowest BCUT2D eigenvalue weighted by Crippen LogP contribution is -2.19. The average Bonchev–Trinajstić information content (AvgIpc) is 3.26. The normalized spacial score (nSPS) is 10.9. The molecule has 1 heterocycles. The summed E-state index contributed by atoms with van der Waals surface area (Å²) in [5.41, 5.74) is 4.28. The number of ether oxygens (including phenoxy) is 2. The van der Waals surface area contributed by atoms with E-state index in [-0.39, 0.29) is 11.7 Å². The molecule has 3 rings (SSSR count). The van der Waals surface area contributed by atoms with Crippen molar-refractivity contribution in [1.82, 2.24) is 15.6 Å². The summed E-state index contributed by atoms with van der Waals surface area (Å²) in [5, 5.41) is 12.9. The molecule has 0 saturated carbocycles. The quantitative estimate of drug-likeness (QED) is 0.135. The molecule has 0 unspecified atom stereocenters. The first-order chi connectivity index (χ1) is 15.9. The number of halogens is 1. The fraction of sp³-hybridized carbons (Fsp3) is 0.190. The van der Waals surface area contributed by atoms with Crippen LogP contribution in [-0.2, 0) is 15.3 Å². The largest absolute Gasteiger partial charge is 0.493 e. The zero-order valence-electron chi connectivity index (χ0n) is 17.6. The second-order valence-electron chi connectivity index (χ2n) is 6.33. The van der Waals surface area contributed by atoms with Gasteiger partial charge in [0.25, 0.3) is 5.91 Å². The molecular formula is C21H19ClN4O4S3. The van der Waals surface area contributed by atoms with Crippen LogP contribution < -0.4 is 14.9 Å². The first-order valence-electron chi connectivity index (χ1n) is 9.45. The van der Waals surface area contributed by atoms with Crippen LogP contribution in [0, 0.1) is 0 Å². The molecule has 0 spiro atoms. The second kappa shape index (κ2) is 12.6. The highest BCUT2D eigenvalue weighted by molar-refractivity contribution is 8.03. The molecule has 0 atom stereocenters. The smallest absolute Gasteiger partial charge is 0.308 e. The van der Waals surface area contributed by atoms with Gasteiger partial charge in [0, 0.05) is 17.7 Å². The van der Waals surface area contributed by atoms with Gasteiger partial charge in [0.1, 0.15) is 0 Å². The fourth-order valence-corrected chi connectivity index (χ4v) is 5.28. The summed E-state index contributed by atoms with van der Waals surface area (Å²) in [4.78, 5) is 23.2. The molecule has 2 aromatic carbocycles. The van der Waals surface area contributed by atoms with Crippen molar-refractivity contribution in [2.45, 2.75) is 21.4 Å². The number of thioether (sulfide) groups is 2. The summed E-state index contributed by atoms with van der Waals surface area (Å²) in [6.07, 6.45) is 1.47. The number of nitrogens with one attached hydrogen (secondary N) is 1. The number of amides is 1. The van der Waals surface area contributed by atoms with Gasteiger partial charge in [-0.3, -0.25) is 9.59 Å². The number of carbonyl (C=O) groups excluding carboxylic acids is 2. The average molecular weight is 523 g/mol. The SMILES string of the molecule is COc1cc(C=NNC(=O)CSc2nnc(SCc3ccc(Cl)cc3)s2)ccc1OC(C)=O. The summed E-state index contributed by atoms with van der Waals surface area (Å²) in [5.74, 6) is 0.899. The van der Waals surface area contributed by atoms with Crippen LogP contribution in [0.5, 0.6) is 11.5 Å². The molecule has 3 aromatic rings. The molecule has 0 saturated heterocycles. The van der Waals surface area contributed by atoms with E-state index in [0.29, 0.717) is 26.4 Å². The third-order valence-corrected chi connectivity index (χ3v) is 7.35. The van der Waals surface area contributed by atoms with E-state index in [1.165, 1.54) is 43.3 Å². The van der Waals surface area contributed by atoms with Crippen molar-refractivity contribution in [3.63, 3.8) is 0 Å². The summed E-state index contributed by atoms with van der Waals surface area (Å²) in [7, 11) is 1.47. The standard InChI is InChI=1S/C21H19ClN4O4S3/c1-13(27)30-17-8-5-15(9-18(17)29-2)10-23-24-19(28)12-32-21-26-25-20(33-21)31-11-14-3-6-16(22)7-4-14/h3-10H,11-12H2,1-2H3,(H,24,28). The van der Waals surface area contributed by atoms with Crippen molar-refractivity contribution in [1.29, 1.82) is 0 Å². The predicted molar refractivity (Wildman–Crippen MR) is 132 cm³/mol. The number of methoxy groups -OCH3 is 1. The lowest BCUT2D eigenvalue weighted by Gasteiger charge is -2.08.